The smallest absolute Gasteiger partial charge is 0.322 e. The van der Waals surface area contributed by atoms with E-state index in [0.29, 0.717) is 17.8 Å². The number of methoxy groups -OCH3 is 1. The molecule has 0 amide bonds. The fourth-order valence-electron chi connectivity index (χ4n) is 1.71. The van der Waals surface area contributed by atoms with Crippen molar-refractivity contribution in [2.45, 2.75) is 27.7 Å². The van der Waals surface area contributed by atoms with E-state index in [2.05, 4.69) is 47.5 Å². The zero-order valence-corrected chi connectivity index (χ0v) is 11.8. The molecule has 1 aromatic heterocycles. The molecule has 1 rings (SSSR count). The van der Waals surface area contributed by atoms with E-state index in [4.69, 9.17) is 10.5 Å². The monoisotopic (exact) mass is 253 g/mol. The highest BCUT2D eigenvalue weighted by atomic mass is 16.5. The molecule has 0 unspecified atom stereocenters. The standard InChI is InChI=1S/C12H23N5O/c1-8(2)6-17(7-9(3)4)11-14-10(13)15-12(16-11)18-5/h8-9H,6-7H2,1-5H3,(H2,13,14,15,16). The maximum Gasteiger partial charge on any atom is 0.322 e. The molecule has 1 aromatic rings. The molecule has 0 bridgehead atoms. The van der Waals surface area contributed by atoms with E-state index in [1.165, 1.54) is 7.11 Å². The quantitative estimate of drug-likeness (QED) is 0.829. The predicted octanol–water partition coefficient (Wildman–Crippen LogP) is 1.58. The van der Waals surface area contributed by atoms with Gasteiger partial charge in [0.15, 0.2) is 0 Å². The first-order valence-electron chi connectivity index (χ1n) is 6.22. The van der Waals surface area contributed by atoms with Crippen molar-refractivity contribution in [1.29, 1.82) is 0 Å². The Morgan fingerprint density at radius 1 is 1.06 bits per heavy atom. The summed E-state index contributed by atoms with van der Waals surface area (Å²) in [6, 6.07) is 0.259. The molecule has 0 saturated carbocycles. The maximum atomic E-state index is 5.67. The Morgan fingerprint density at radius 2 is 1.61 bits per heavy atom. The SMILES string of the molecule is COc1nc(N)nc(N(CC(C)C)CC(C)C)n1. The van der Waals surface area contributed by atoms with Crippen molar-refractivity contribution in [3.8, 4) is 6.01 Å². The van der Waals surface area contributed by atoms with E-state index < -0.39 is 0 Å². The van der Waals surface area contributed by atoms with Crippen LogP contribution in [0.4, 0.5) is 11.9 Å². The van der Waals surface area contributed by atoms with Crippen molar-refractivity contribution < 1.29 is 4.74 Å². The summed E-state index contributed by atoms with van der Waals surface area (Å²) in [6.07, 6.45) is 0. The lowest BCUT2D eigenvalue weighted by atomic mass is 10.1. The second-order valence-corrected chi connectivity index (χ2v) is 5.17. The summed E-state index contributed by atoms with van der Waals surface area (Å²) in [4.78, 5) is 14.5. The minimum Gasteiger partial charge on any atom is -0.467 e. The molecular formula is C12H23N5O. The first-order valence-corrected chi connectivity index (χ1v) is 6.22. The van der Waals surface area contributed by atoms with E-state index in [1.807, 2.05) is 0 Å². The van der Waals surface area contributed by atoms with Gasteiger partial charge < -0.3 is 15.4 Å². The van der Waals surface area contributed by atoms with Crippen LogP contribution in [0.25, 0.3) is 0 Å². The third kappa shape index (κ3) is 4.35. The normalized spacial score (nSPS) is 11.1. The molecule has 0 aliphatic heterocycles. The molecule has 1 heterocycles. The summed E-state index contributed by atoms with van der Waals surface area (Å²) in [5.74, 6) is 1.82. The number of nitrogens with zero attached hydrogens (tertiary/aromatic N) is 4. The first-order chi connectivity index (χ1) is 8.42. The van der Waals surface area contributed by atoms with Gasteiger partial charge in [0.05, 0.1) is 7.11 Å². The minimum atomic E-state index is 0.189. The van der Waals surface area contributed by atoms with Crippen molar-refractivity contribution in [3.63, 3.8) is 0 Å². The van der Waals surface area contributed by atoms with Crippen LogP contribution in [0.5, 0.6) is 6.01 Å². The summed E-state index contributed by atoms with van der Waals surface area (Å²) in [5, 5.41) is 0. The second kappa shape index (κ2) is 6.37. The third-order valence-electron chi connectivity index (χ3n) is 2.26. The number of aromatic nitrogens is 3. The van der Waals surface area contributed by atoms with Gasteiger partial charge in [-0.1, -0.05) is 27.7 Å². The van der Waals surface area contributed by atoms with E-state index in [1.54, 1.807) is 0 Å². The third-order valence-corrected chi connectivity index (χ3v) is 2.26. The van der Waals surface area contributed by atoms with Crippen molar-refractivity contribution in [1.82, 2.24) is 15.0 Å². The Bertz CT molecular complexity index is 371. The Labute approximate surface area is 109 Å². The molecule has 0 fully saturated rings. The first kappa shape index (κ1) is 14.5. The number of hydrogen-bond acceptors (Lipinski definition) is 6. The van der Waals surface area contributed by atoms with Crippen LogP contribution in [-0.4, -0.2) is 35.2 Å². The van der Waals surface area contributed by atoms with Crippen molar-refractivity contribution >= 4 is 11.9 Å². The molecule has 102 valence electrons. The predicted molar refractivity (Wildman–Crippen MR) is 72.7 cm³/mol. The van der Waals surface area contributed by atoms with Crippen molar-refractivity contribution in [3.05, 3.63) is 0 Å². The van der Waals surface area contributed by atoms with Crippen LogP contribution in [0.3, 0.4) is 0 Å². The lowest BCUT2D eigenvalue weighted by Crippen LogP contribution is -2.33. The molecule has 0 radical (unpaired) electrons. The van der Waals surface area contributed by atoms with Gasteiger partial charge in [-0.25, -0.2) is 0 Å². The molecular weight excluding hydrogens is 230 g/mol. The topological polar surface area (TPSA) is 77.2 Å². The summed E-state index contributed by atoms with van der Waals surface area (Å²) < 4.78 is 5.03. The average Bonchev–Trinajstić information content (AvgIpc) is 2.26. The molecule has 6 heteroatoms. The molecule has 2 N–H and O–H groups in total. The summed E-state index contributed by atoms with van der Waals surface area (Å²) in [5.41, 5.74) is 5.67. The lowest BCUT2D eigenvalue weighted by Gasteiger charge is -2.26. The molecule has 18 heavy (non-hydrogen) atoms. The molecule has 0 aliphatic carbocycles. The molecule has 0 spiro atoms. The Balaban J connectivity index is 2.99. The Hall–Kier alpha value is -1.59. The van der Waals surface area contributed by atoms with E-state index >= 15 is 0 Å². The molecule has 6 nitrogen and oxygen atoms in total. The van der Waals surface area contributed by atoms with Gasteiger partial charge in [0, 0.05) is 13.1 Å². The summed E-state index contributed by atoms with van der Waals surface area (Å²) >= 11 is 0. The van der Waals surface area contributed by atoms with Crippen molar-refractivity contribution in [2.75, 3.05) is 30.8 Å². The summed E-state index contributed by atoms with van der Waals surface area (Å²) in [7, 11) is 1.52. The van der Waals surface area contributed by atoms with Gasteiger partial charge in [0.1, 0.15) is 0 Å². The van der Waals surface area contributed by atoms with Gasteiger partial charge in [0.25, 0.3) is 0 Å². The number of anilines is 2. The molecule has 0 aromatic carbocycles. The van der Waals surface area contributed by atoms with Crippen LogP contribution in [0.15, 0.2) is 0 Å². The zero-order chi connectivity index (χ0) is 13.7. The van der Waals surface area contributed by atoms with Gasteiger partial charge in [-0.15, -0.1) is 0 Å². The second-order valence-electron chi connectivity index (χ2n) is 5.17. The maximum absolute atomic E-state index is 5.67. The van der Waals surface area contributed by atoms with Crippen LogP contribution in [-0.2, 0) is 0 Å². The molecule has 0 saturated heterocycles. The van der Waals surface area contributed by atoms with Crippen LogP contribution in [0.2, 0.25) is 0 Å². The number of nitrogen functional groups attached to an aromatic ring is 1. The van der Waals surface area contributed by atoms with Crippen molar-refractivity contribution in [2.24, 2.45) is 11.8 Å². The zero-order valence-electron chi connectivity index (χ0n) is 11.8. The molecule has 0 aliphatic rings. The summed E-state index contributed by atoms with van der Waals surface area (Å²) in [6.45, 7) is 10.4. The number of hydrogen-bond donors (Lipinski definition) is 1. The lowest BCUT2D eigenvalue weighted by molar-refractivity contribution is 0.378. The fourth-order valence-corrected chi connectivity index (χ4v) is 1.71. The van der Waals surface area contributed by atoms with Gasteiger partial charge in [-0.2, -0.15) is 15.0 Å². The van der Waals surface area contributed by atoms with E-state index in [9.17, 15) is 0 Å². The number of ether oxygens (including phenoxy) is 1. The van der Waals surface area contributed by atoms with Crippen LogP contribution in [0.1, 0.15) is 27.7 Å². The highest BCUT2D eigenvalue weighted by Gasteiger charge is 2.15. The number of nitrogens with two attached hydrogens (primary N) is 1. The van der Waals surface area contributed by atoms with Gasteiger partial charge in [-0.3, -0.25) is 0 Å². The van der Waals surface area contributed by atoms with E-state index in [-0.39, 0.29) is 12.0 Å². The van der Waals surface area contributed by atoms with Gasteiger partial charge in [0.2, 0.25) is 11.9 Å². The van der Waals surface area contributed by atoms with Crippen LogP contribution >= 0.6 is 0 Å². The van der Waals surface area contributed by atoms with Gasteiger partial charge in [-0.05, 0) is 11.8 Å². The highest BCUT2D eigenvalue weighted by Crippen LogP contribution is 2.16. The molecule has 0 atom stereocenters. The highest BCUT2D eigenvalue weighted by molar-refractivity contribution is 5.36. The van der Waals surface area contributed by atoms with Gasteiger partial charge >= 0.3 is 6.01 Å². The fraction of sp³-hybridized carbons (Fsp3) is 0.750. The Morgan fingerprint density at radius 3 is 2.06 bits per heavy atom. The number of rotatable bonds is 6. The van der Waals surface area contributed by atoms with Crippen LogP contribution in [0, 0.1) is 11.8 Å². The average molecular weight is 253 g/mol. The van der Waals surface area contributed by atoms with E-state index in [0.717, 1.165) is 13.1 Å². The van der Waals surface area contributed by atoms with Crippen LogP contribution < -0.4 is 15.4 Å². The largest absolute Gasteiger partial charge is 0.467 e. The minimum absolute atomic E-state index is 0.189. The Kier molecular flexibility index (Phi) is 5.12.